The number of benzene rings is 1. The first-order chi connectivity index (χ1) is 13.3. The van der Waals surface area contributed by atoms with Crippen LogP contribution in [0.2, 0.25) is 0 Å². The van der Waals surface area contributed by atoms with E-state index in [0.29, 0.717) is 12.6 Å². The molecule has 0 bridgehead atoms. The summed E-state index contributed by atoms with van der Waals surface area (Å²) in [5.41, 5.74) is -0.404. The Balaban J connectivity index is 0.00000420. The van der Waals surface area contributed by atoms with E-state index in [1.165, 1.54) is 32.1 Å². The van der Waals surface area contributed by atoms with E-state index in [9.17, 15) is 13.2 Å². The van der Waals surface area contributed by atoms with Crippen LogP contribution in [0.1, 0.15) is 43.2 Å². The van der Waals surface area contributed by atoms with Crippen molar-refractivity contribution in [3.8, 4) is 5.75 Å². The van der Waals surface area contributed by atoms with Gasteiger partial charge in [-0.3, -0.25) is 4.99 Å². The smallest absolute Gasteiger partial charge is 0.416 e. The maximum absolute atomic E-state index is 13.4. The molecule has 1 aliphatic carbocycles. The number of methoxy groups -OCH3 is 2. The molecule has 1 aliphatic rings. The fourth-order valence-electron chi connectivity index (χ4n) is 3.73. The van der Waals surface area contributed by atoms with Crippen LogP contribution in [-0.4, -0.2) is 40.4 Å². The second-order valence-corrected chi connectivity index (χ2v) is 7.25. The van der Waals surface area contributed by atoms with Crippen molar-refractivity contribution in [1.29, 1.82) is 0 Å². The summed E-state index contributed by atoms with van der Waals surface area (Å²) < 4.78 is 50.2. The van der Waals surface area contributed by atoms with Gasteiger partial charge in [-0.1, -0.05) is 18.9 Å². The van der Waals surface area contributed by atoms with Crippen molar-refractivity contribution in [2.24, 2.45) is 10.4 Å². The summed E-state index contributed by atoms with van der Waals surface area (Å²) in [6, 6.07) is 3.98. The number of nitrogens with zero attached hydrogens (tertiary/aromatic N) is 1. The van der Waals surface area contributed by atoms with Crippen LogP contribution >= 0.6 is 24.0 Å². The number of alkyl halides is 3. The van der Waals surface area contributed by atoms with E-state index in [1.807, 2.05) is 0 Å². The molecule has 166 valence electrons. The number of hydrogen-bond acceptors (Lipinski definition) is 3. The van der Waals surface area contributed by atoms with Crippen LogP contribution in [0.4, 0.5) is 13.2 Å². The minimum atomic E-state index is -4.45. The van der Waals surface area contributed by atoms with Gasteiger partial charge in [0.2, 0.25) is 0 Å². The van der Waals surface area contributed by atoms with E-state index in [-0.39, 0.29) is 47.2 Å². The summed E-state index contributed by atoms with van der Waals surface area (Å²) in [6.07, 6.45) is 1.14. The topological polar surface area (TPSA) is 54.9 Å². The third kappa shape index (κ3) is 7.51. The van der Waals surface area contributed by atoms with Crippen molar-refractivity contribution in [1.82, 2.24) is 10.6 Å². The summed E-state index contributed by atoms with van der Waals surface area (Å²) >= 11 is 0. The minimum Gasteiger partial charge on any atom is -0.497 e. The first-order valence-electron chi connectivity index (χ1n) is 9.51. The van der Waals surface area contributed by atoms with Gasteiger partial charge >= 0.3 is 6.18 Å². The molecule has 1 fully saturated rings. The molecule has 0 heterocycles. The first kappa shape index (κ1) is 25.8. The lowest BCUT2D eigenvalue weighted by Gasteiger charge is -2.30. The van der Waals surface area contributed by atoms with Crippen LogP contribution in [0.25, 0.3) is 0 Å². The van der Waals surface area contributed by atoms with Gasteiger partial charge in [0.05, 0.1) is 12.7 Å². The Morgan fingerprint density at radius 3 is 2.41 bits per heavy atom. The molecule has 0 aromatic heterocycles. The summed E-state index contributed by atoms with van der Waals surface area (Å²) in [7, 11) is 4.66. The van der Waals surface area contributed by atoms with Gasteiger partial charge in [0.1, 0.15) is 5.75 Å². The van der Waals surface area contributed by atoms with Crippen LogP contribution in [0.3, 0.4) is 0 Å². The Morgan fingerprint density at radius 1 is 1.17 bits per heavy atom. The third-order valence-corrected chi connectivity index (χ3v) is 5.42. The maximum atomic E-state index is 13.4. The average Bonchev–Trinajstić information content (AvgIpc) is 3.15. The molecule has 0 spiro atoms. The molecule has 1 saturated carbocycles. The number of hydrogen-bond donors (Lipinski definition) is 2. The Kier molecular flexibility index (Phi) is 10.5. The predicted molar refractivity (Wildman–Crippen MR) is 119 cm³/mol. The Bertz CT molecular complexity index is 663. The lowest BCUT2D eigenvalue weighted by Crippen LogP contribution is -2.43. The predicted octanol–water partition coefficient (Wildman–Crippen LogP) is 4.59. The van der Waals surface area contributed by atoms with Gasteiger partial charge in [0.15, 0.2) is 5.96 Å². The third-order valence-electron chi connectivity index (χ3n) is 5.42. The number of nitrogens with one attached hydrogen (secondary N) is 2. The summed E-state index contributed by atoms with van der Waals surface area (Å²) in [5, 5.41) is 6.29. The SMILES string of the molecule is CN=C(NCc1ccc(OC)cc1C(F)(F)F)NCC1(CCOC)CCCC1.I. The molecule has 0 atom stereocenters. The number of rotatable bonds is 8. The van der Waals surface area contributed by atoms with E-state index < -0.39 is 11.7 Å². The van der Waals surface area contributed by atoms with Crippen molar-refractivity contribution in [2.75, 3.05) is 34.4 Å². The molecule has 2 N–H and O–H groups in total. The molecule has 9 heteroatoms. The largest absolute Gasteiger partial charge is 0.497 e. The highest BCUT2D eigenvalue weighted by Crippen LogP contribution is 2.40. The molecular formula is C20H31F3IN3O2. The Morgan fingerprint density at radius 2 is 1.86 bits per heavy atom. The van der Waals surface area contributed by atoms with Crippen LogP contribution in [0.15, 0.2) is 23.2 Å². The standard InChI is InChI=1S/C20H30F3N3O2.HI/c1-24-18(26-14-19(10-11-27-2)8-4-5-9-19)25-13-15-6-7-16(28-3)12-17(15)20(21,22)23;/h6-7,12H,4-5,8-11,13-14H2,1-3H3,(H2,24,25,26);1H. The van der Waals surface area contributed by atoms with Gasteiger partial charge in [0, 0.05) is 33.9 Å². The molecule has 0 saturated heterocycles. The number of aliphatic imine (C=N–C) groups is 1. The fraction of sp³-hybridized carbons (Fsp3) is 0.650. The lowest BCUT2D eigenvalue weighted by molar-refractivity contribution is -0.138. The molecule has 0 aliphatic heterocycles. The minimum absolute atomic E-state index is 0. The van der Waals surface area contributed by atoms with Gasteiger partial charge in [-0.05, 0) is 42.4 Å². The van der Waals surface area contributed by atoms with Crippen molar-refractivity contribution in [3.63, 3.8) is 0 Å². The molecule has 0 unspecified atom stereocenters. The molecule has 29 heavy (non-hydrogen) atoms. The zero-order valence-corrected chi connectivity index (χ0v) is 19.5. The van der Waals surface area contributed by atoms with Crippen molar-refractivity contribution >= 4 is 29.9 Å². The second kappa shape index (κ2) is 11.8. The zero-order valence-electron chi connectivity index (χ0n) is 17.2. The van der Waals surface area contributed by atoms with Crippen molar-refractivity contribution in [3.05, 3.63) is 29.3 Å². The molecule has 5 nitrogen and oxygen atoms in total. The number of halogens is 4. The molecule has 1 aromatic carbocycles. The van der Waals surface area contributed by atoms with Gasteiger partial charge in [-0.2, -0.15) is 13.2 Å². The lowest BCUT2D eigenvalue weighted by atomic mass is 9.83. The molecule has 0 amide bonds. The quantitative estimate of drug-likeness (QED) is 0.294. The number of guanidine groups is 1. The summed E-state index contributed by atoms with van der Waals surface area (Å²) in [4.78, 5) is 4.16. The monoisotopic (exact) mass is 529 g/mol. The van der Waals surface area contributed by atoms with Gasteiger partial charge in [-0.25, -0.2) is 0 Å². The average molecular weight is 529 g/mol. The van der Waals surface area contributed by atoms with Gasteiger partial charge < -0.3 is 20.1 Å². The van der Waals surface area contributed by atoms with Crippen molar-refractivity contribution in [2.45, 2.75) is 44.8 Å². The van der Waals surface area contributed by atoms with E-state index in [0.717, 1.165) is 31.9 Å². The van der Waals surface area contributed by atoms with Crippen LogP contribution in [0, 0.1) is 5.41 Å². The van der Waals surface area contributed by atoms with Crippen LogP contribution in [-0.2, 0) is 17.5 Å². The van der Waals surface area contributed by atoms with Gasteiger partial charge in [0.25, 0.3) is 0 Å². The molecule has 1 aromatic rings. The second-order valence-electron chi connectivity index (χ2n) is 7.25. The van der Waals surface area contributed by atoms with Crippen LogP contribution < -0.4 is 15.4 Å². The number of ether oxygens (including phenoxy) is 2. The van der Waals surface area contributed by atoms with E-state index >= 15 is 0 Å². The van der Waals surface area contributed by atoms with E-state index in [1.54, 1.807) is 14.2 Å². The highest BCUT2D eigenvalue weighted by molar-refractivity contribution is 14.0. The fourth-order valence-corrected chi connectivity index (χ4v) is 3.73. The highest BCUT2D eigenvalue weighted by atomic mass is 127. The van der Waals surface area contributed by atoms with Crippen molar-refractivity contribution < 1.29 is 22.6 Å². The molecule has 2 rings (SSSR count). The Labute approximate surface area is 187 Å². The maximum Gasteiger partial charge on any atom is 0.416 e. The molecule has 0 radical (unpaired) electrons. The van der Waals surface area contributed by atoms with E-state index in [4.69, 9.17) is 9.47 Å². The van der Waals surface area contributed by atoms with E-state index in [2.05, 4.69) is 15.6 Å². The highest BCUT2D eigenvalue weighted by Gasteiger charge is 2.35. The summed E-state index contributed by atoms with van der Waals surface area (Å²) in [5.74, 6) is 0.674. The Hall–Kier alpha value is -1.23. The molecular weight excluding hydrogens is 498 g/mol. The first-order valence-corrected chi connectivity index (χ1v) is 9.51. The zero-order chi connectivity index (χ0) is 20.6. The summed E-state index contributed by atoms with van der Waals surface area (Å²) in [6.45, 7) is 1.45. The normalized spacial score (nSPS) is 16.3. The van der Waals surface area contributed by atoms with Gasteiger partial charge in [-0.15, -0.1) is 24.0 Å². The van der Waals surface area contributed by atoms with Crippen LogP contribution in [0.5, 0.6) is 5.75 Å².